The molecule has 0 aromatic heterocycles. The van der Waals surface area contributed by atoms with Gasteiger partial charge in [0.15, 0.2) is 0 Å². The number of ether oxygens (including phenoxy) is 1. The Morgan fingerprint density at radius 3 is 2.56 bits per heavy atom. The van der Waals surface area contributed by atoms with Crippen LogP contribution in [0, 0.1) is 19.8 Å². The van der Waals surface area contributed by atoms with Gasteiger partial charge in [-0.25, -0.2) is 0 Å². The lowest BCUT2D eigenvalue weighted by Crippen LogP contribution is -2.08. The van der Waals surface area contributed by atoms with Gasteiger partial charge in [-0.15, -0.1) is 0 Å². The lowest BCUT2D eigenvalue weighted by molar-refractivity contribution is -0.117. The summed E-state index contributed by atoms with van der Waals surface area (Å²) in [7, 11) is 1.67. The van der Waals surface area contributed by atoms with Crippen molar-refractivity contribution in [2.24, 2.45) is 5.92 Å². The molecule has 0 aliphatic heterocycles. The van der Waals surface area contributed by atoms with Gasteiger partial charge in [-0.05, 0) is 55.9 Å². The van der Waals surface area contributed by atoms with Crippen molar-refractivity contribution in [3.63, 3.8) is 0 Å². The van der Waals surface area contributed by atoms with Crippen LogP contribution in [0.3, 0.4) is 0 Å². The van der Waals surface area contributed by atoms with E-state index in [0.717, 1.165) is 33.9 Å². The minimum Gasteiger partial charge on any atom is -0.496 e. The zero-order valence-corrected chi connectivity index (χ0v) is 12.5. The summed E-state index contributed by atoms with van der Waals surface area (Å²) in [5, 5.41) is 0.792. The van der Waals surface area contributed by atoms with E-state index >= 15 is 0 Å². The average molecular weight is 269 g/mol. The van der Waals surface area contributed by atoms with Gasteiger partial charge >= 0.3 is 0 Å². The zero-order chi connectivity index (χ0) is 13.9. The molecular formula is C15H21ClO2. The fraction of sp³-hybridized carbons (Fsp3) is 0.533. The number of ketones is 1. The summed E-state index contributed by atoms with van der Waals surface area (Å²) in [6, 6.07) is 1.96. The van der Waals surface area contributed by atoms with Crippen molar-refractivity contribution < 1.29 is 9.53 Å². The van der Waals surface area contributed by atoms with E-state index in [2.05, 4.69) is 6.92 Å². The number of aryl methyl sites for hydroxylation is 1. The number of hydrogen-bond acceptors (Lipinski definition) is 2. The molecule has 0 saturated heterocycles. The Balaban J connectivity index is 3.07. The number of carbonyl (C=O) groups is 1. The number of methoxy groups -OCH3 is 1. The van der Waals surface area contributed by atoms with E-state index in [1.165, 1.54) is 0 Å². The van der Waals surface area contributed by atoms with E-state index in [0.29, 0.717) is 12.3 Å². The van der Waals surface area contributed by atoms with Crippen LogP contribution < -0.4 is 4.74 Å². The second-order valence-corrected chi connectivity index (χ2v) is 5.41. The summed E-state index contributed by atoms with van der Waals surface area (Å²) in [5.41, 5.74) is 3.19. The maximum absolute atomic E-state index is 11.1. The first-order valence-electron chi connectivity index (χ1n) is 6.18. The highest BCUT2D eigenvalue weighted by molar-refractivity contribution is 6.32. The fourth-order valence-electron chi connectivity index (χ4n) is 2.31. The molecule has 0 amide bonds. The van der Waals surface area contributed by atoms with Crippen molar-refractivity contribution in [2.75, 3.05) is 7.11 Å². The molecule has 18 heavy (non-hydrogen) atoms. The van der Waals surface area contributed by atoms with Gasteiger partial charge in [0.1, 0.15) is 11.5 Å². The van der Waals surface area contributed by atoms with E-state index in [-0.39, 0.29) is 5.78 Å². The van der Waals surface area contributed by atoms with Crippen molar-refractivity contribution in [1.29, 1.82) is 0 Å². The van der Waals surface area contributed by atoms with Crippen LogP contribution in [-0.2, 0) is 11.2 Å². The normalized spacial score (nSPS) is 12.3. The van der Waals surface area contributed by atoms with Gasteiger partial charge in [0.2, 0.25) is 0 Å². The Bertz CT molecular complexity index is 452. The van der Waals surface area contributed by atoms with Crippen molar-refractivity contribution >= 4 is 17.4 Å². The molecule has 0 fully saturated rings. The highest BCUT2D eigenvalue weighted by Crippen LogP contribution is 2.33. The van der Waals surface area contributed by atoms with E-state index < -0.39 is 0 Å². The number of carbonyl (C=O) groups excluding carboxylic acids is 1. The maximum Gasteiger partial charge on any atom is 0.130 e. The predicted molar refractivity (Wildman–Crippen MR) is 75.6 cm³/mol. The van der Waals surface area contributed by atoms with Crippen molar-refractivity contribution in [2.45, 2.75) is 40.5 Å². The Kier molecular flexibility index (Phi) is 5.21. The van der Waals surface area contributed by atoms with Gasteiger partial charge in [0.25, 0.3) is 0 Å². The molecule has 0 N–H and O–H groups in total. The van der Waals surface area contributed by atoms with Gasteiger partial charge < -0.3 is 9.53 Å². The molecule has 0 saturated carbocycles. The first-order valence-corrected chi connectivity index (χ1v) is 6.56. The minimum absolute atomic E-state index is 0.220. The van der Waals surface area contributed by atoms with E-state index in [1.54, 1.807) is 14.0 Å². The van der Waals surface area contributed by atoms with Gasteiger partial charge in [-0.1, -0.05) is 18.5 Å². The van der Waals surface area contributed by atoms with Crippen LogP contribution in [0.25, 0.3) is 0 Å². The molecule has 1 aromatic carbocycles. The summed E-state index contributed by atoms with van der Waals surface area (Å²) in [4.78, 5) is 11.1. The van der Waals surface area contributed by atoms with E-state index in [9.17, 15) is 4.79 Å². The average Bonchev–Trinajstić information content (AvgIpc) is 2.28. The van der Waals surface area contributed by atoms with Crippen molar-refractivity contribution in [3.05, 3.63) is 27.8 Å². The number of benzene rings is 1. The van der Waals surface area contributed by atoms with Crippen LogP contribution in [0.5, 0.6) is 5.75 Å². The summed E-state index contributed by atoms with van der Waals surface area (Å²) < 4.78 is 5.42. The van der Waals surface area contributed by atoms with Crippen LogP contribution >= 0.6 is 11.6 Å². The van der Waals surface area contributed by atoms with Gasteiger partial charge in [-0.3, -0.25) is 0 Å². The fourth-order valence-corrected chi connectivity index (χ4v) is 2.48. The first-order chi connectivity index (χ1) is 8.36. The molecule has 1 unspecified atom stereocenters. The second kappa shape index (κ2) is 6.24. The number of rotatable bonds is 5. The Morgan fingerprint density at radius 1 is 1.44 bits per heavy atom. The van der Waals surface area contributed by atoms with Crippen molar-refractivity contribution in [3.8, 4) is 5.75 Å². The van der Waals surface area contributed by atoms with Crippen molar-refractivity contribution in [1.82, 2.24) is 0 Å². The quantitative estimate of drug-likeness (QED) is 0.803. The van der Waals surface area contributed by atoms with E-state index in [1.807, 2.05) is 19.9 Å². The highest BCUT2D eigenvalue weighted by Gasteiger charge is 2.16. The van der Waals surface area contributed by atoms with Crippen LogP contribution in [0.15, 0.2) is 6.07 Å². The monoisotopic (exact) mass is 268 g/mol. The summed E-state index contributed by atoms with van der Waals surface area (Å²) >= 11 is 6.28. The van der Waals surface area contributed by atoms with E-state index in [4.69, 9.17) is 16.3 Å². The minimum atomic E-state index is 0.220. The molecular weight excluding hydrogens is 248 g/mol. The molecule has 0 aliphatic rings. The lowest BCUT2D eigenvalue weighted by Gasteiger charge is -2.18. The molecule has 0 spiro atoms. The van der Waals surface area contributed by atoms with Crippen LogP contribution in [0.1, 0.15) is 37.0 Å². The summed E-state index contributed by atoms with van der Waals surface area (Å²) in [5.74, 6) is 1.39. The molecule has 0 aliphatic carbocycles. The Hall–Kier alpha value is -1.02. The molecule has 1 aromatic rings. The summed E-state index contributed by atoms with van der Waals surface area (Å²) in [6.45, 7) is 7.69. The highest BCUT2D eigenvalue weighted by atomic mass is 35.5. The smallest absolute Gasteiger partial charge is 0.130 e. The maximum atomic E-state index is 11.1. The third kappa shape index (κ3) is 3.49. The molecule has 0 bridgehead atoms. The number of hydrogen-bond donors (Lipinski definition) is 0. The van der Waals surface area contributed by atoms with Crippen LogP contribution in [-0.4, -0.2) is 12.9 Å². The molecule has 0 radical (unpaired) electrons. The van der Waals surface area contributed by atoms with Gasteiger partial charge in [0.05, 0.1) is 7.11 Å². The standard InChI is InChI=1S/C15H21ClO2/c1-9(6-11(3)17)7-13-12(4)15(16)10(2)8-14(13)18-5/h8-9H,6-7H2,1-5H3. The number of halogens is 1. The third-order valence-corrected chi connectivity index (χ3v) is 3.76. The SMILES string of the molecule is COc1cc(C)c(Cl)c(C)c1CC(C)CC(C)=O. The third-order valence-electron chi connectivity index (χ3n) is 3.18. The topological polar surface area (TPSA) is 26.3 Å². The van der Waals surface area contributed by atoms with Gasteiger partial charge in [0, 0.05) is 11.4 Å². The predicted octanol–water partition coefficient (Wildman–Crippen LogP) is 4.12. The molecule has 1 atom stereocenters. The molecule has 0 heterocycles. The molecule has 1 rings (SSSR count). The second-order valence-electron chi connectivity index (χ2n) is 5.03. The zero-order valence-electron chi connectivity index (χ0n) is 11.8. The Labute approximate surface area is 114 Å². The Morgan fingerprint density at radius 2 is 2.06 bits per heavy atom. The molecule has 100 valence electrons. The first kappa shape index (κ1) is 15.0. The van der Waals surface area contributed by atoms with Gasteiger partial charge in [-0.2, -0.15) is 0 Å². The lowest BCUT2D eigenvalue weighted by atomic mass is 9.92. The molecule has 2 nitrogen and oxygen atoms in total. The van der Waals surface area contributed by atoms with Crippen LogP contribution in [0.4, 0.5) is 0 Å². The molecule has 3 heteroatoms. The number of Topliss-reactive ketones (excluding diaryl/α,β-unsaturated/α-hetero) is 1. The summed E-state index contributed by atoms with van der Waals surface area (Å²) in [6.07, 6.45) is 1.41. The largest absolute Gasteiger partial charge is 0.496 e. The van der Waals surface area contributed by atoms with Crippen LogP contribution in [0.2, 0.25) is 5.02 Å².